The molecule has 0 amide bonds. The Morgan fingerprint density at radius 2 is 2.26 bits per heavy atom. The number of aromatic nitrogens is 5. The molecule has 120 valence electrons. The van der Waals surface area contributed by atoms with Gasteiger partial charge in [0, 0.05) is 31.5 Å². The van der Waals surface area contributed by atoms with E-state index in [1.165, 1.54) is 12.8 Å². The monoisotopic (exact) mass is 346 g/mol. The first-order chi connectivity index (χ1) is 11.3. The molecule has 23 heavy (non-hydrogen) atoms. The van der Waals surface area contributed by atoms with E-state index in [0.29, 0.717) is 6.04 Å². The van der Waals surface area contributed by atoms with Gasteiger partial charge >= 0.3 is 0 Å². The maximum absolute atomic E-state index is 4.59. The fraction of sp³-hybridized carbons (Fsp3) is 0.467. The van der Waals surface area contributed by atoms with Gasteiger partial charge < -0.3 is 9.47 Å². The molecule has 1 saturated heterocycles. The van der Waals surface area contributed by atoms with Crippen molar-refractivity contribution in [1.82, 2.24) is 24.5 Å². The summed E-state index contributed by atoms with van der Waals surface area (Å²) in [5.74, 6) is 2.10. The summed E-state index contributed by atoms with van der Waals surface area (Å²) in [5, 5.41) is 0. The zero-order chi connectivity index (χ0) is 15.8. The summed E-state index contributed by atoms with van der Waals surface area (Å²) in [6.07, 6.45) is 9.98. The Balaban J connectivity index is 1.68. The van der Waals surface area contributed by atoms with Crippen molar-refractivity contribution in [1.29, 1.82) is 0 Å². The molecule has 0 aliphatic carbocycles. The summed E-state index contributed by atoms with van der Waals surface area (Å²) in [6.45, 7) is 4.04. The molecule has 3 aromatic rings. The number of anilines is 1. The number of nitrogens with zero attached hydrogens (tertiary/aromatic N) is 6. The van der Waals surface area contributed by atoms with Gasteiger partial charge in [-0.2, -0.15) is 0 Å². The van der Waals surface area contributed by atoms with E-state index in [-0.39, 0.29) is 0 Å². The first-order valence-corrected chi connectivity index (χ1v) is 9.70. The molecule has 1 aliphatic rings. The van der Waals surface area contributed by atoms with Gasteiger partial charge in [0.25, 0.3) is 0 Å². The minimum atomic E-state index is 0.445. The second-order valence-electron chi connectivity index (χ2n) is 5.65. The molecule has 1 unspecified atom stereocenters. The number of imidazole rings is 1. The smallest absolute Gasteiger partial charge is 0.176 e. The highest BCUT2D eigenvalue weighted by atomic mass is 32.2. The average Bonchev–Trinajstić information content (AvgIpc) is 3.27. The van der Waals surface area contributed by atoms with Crippen LogP contribution in [0.25, 0.3) is 10.3 Å². The predicted octanol–water partition coefficient (Wildman–Crippen LogP) is 2.98. The Morgan fingerprint density at radius 3 is 3.04 bits per heavy atom. The van der Waals surface area contributed by atoms with Gasteiger partial charge in [0.05, 0.1) is 0 Å². The van der Waals surface area contributed by atoms with Crippen molar-refractivity contribution in [2.24, 2.45) is 0 Å². The molecular formula is C15H18N6S2. The molecule has 1 fully saturated rings. The van der Waals surface area contributed by atoms with Crippen molar-refractivity contribution in [2.75, 3.05) is 17.7 Å². The topological polar surface area (TPSA) is 59.7 Å². The summed E-state index contributed by atoms with van der Waals surface area (Å²) < 4.78 is 4.37. The van der Waals surface area contributed by atoms with Crippen LogP contribution in [0.4, 0.5) is 5.82 Å². The highest BCUT2D eigenvalue weighted by molar-refractivity contribution is 8.00. The van der Waals surface area contributed by atoms with Crippen LogP contribution in [-0.2, 0) is 6.54 Å². The minimum absolute atomic E-state index is 0.445. The fourth-order valence-corrected chi connectivity index (χ4v) is 4.66. The van der Waals surface area contributed by atoms with Crippen LogP contribution in [0, 0.1) is 6.92 Å². The van der Waals surface area contributed by atoms with Crippen molar-refractivity contribution in [3.05, 3.63) is 24.5 Å². The van der Waals surface area contributed by atoms with Crippen LogP contribution in [-0.4, -0.2) is 43.3 Å². The molecule has 0 N–H and O–H groups in total. The van der Waals surface area contributed by atoms with E-state index in [4.69, 9.17) is 0 Å². The Kier molecular flexibility index (Phi) is 3.94. The van der Waals surface area contributed by atoms with Crippen LogP contribution in [0.5, 0.6) is 0 Å². The molecule has 0 spiro atoms. The van der Waals surface area contributed by atoms with Crippen LogP contribution in [0.3, 0.4) is 0 Å². The van der Waals surface area contributed by atoms with Crippen LogP contribution in [0.15, 0.2) is 23.1 Å². The fourth-order valence-electron chi connectivity index (χ4n) is 3.14. The lowest BCUT2D eigenvalue weighted by molar-refractivity contribution is 0.539. The van der Waals surface area contributed by atoms with Gasteiger partial charge in [-0.1, -0.05) is 11.8 Å². The van der Waals surface area contributed by atoms with E-state index in [0.717, 1.165) is 39.4 Å². The van der Waals surface area contributed by atoms with E-state index in [9.17, 15) is 0 Å². The summed E-state index contributed by atoms with van der Waals surface area (Å²) in [5.41, 5.74) is 0.814. The Labute approximate surface area is 143 Å². The van der Waals surface area contributed by atoms with Crippen molar-refractivity contribution >= 4 is 39.3 Å². The lowest BCUT2D eigenvalue weighted by atomic mass is 10.2. The summed E-state index contributed by atoms with van der Waals surface area (Å²) in [6, 6.07) is 0.445. The molecule has 4 heterocycles. The SMILES string of the molecule is CSc1nc2ncnc(N3CCCC3Cn3ccnc3C)c2s1. The van der Waals surface area contributed by atoms with Crippen molar-refractivity contribution in [3.8, 4) is 0 Å². The maximum Gasteiger partial charge on any atom is 0.176 e. The molecule has 0 aromatic carbocycles. The van der Waals surface area contributed by atoms with E-state index < -0.39 is 0 Å². The van der Waals surface area contributed by atoms with Crippen LogP contribution < -0.4 is 4.90 Å². The average molecular weight is 346 g/mol. The molecule has 0 radical (unpaired) electrons. The lowest BCUT2D eigenvalue weighted by Crippen LogP contribution is -2.33. The van der Waals surface area contributed by atoms with E-state index in [1.54, 1.807) is 29.4 Å². The molecular weight excluding hydrogens is 328 g/mol. The third kappa shape index (κ3) is 2.70. The van der Waals surface area contributed by atoms with Crippen LogP contribution in [0.1, 0.15) is 18.7 Å². The number of aryl methyl sites for hydroxylation is 1. The largest absolute Gasteiger partial charge is 0.350 e. The molecule has 8 heteroatoms. The van der Waals surface area contributed by atoms with E-state index in [1.807, 2.05) is 12.5 Å². The number of fused-ring (bicyclic) bond motifs is 1. The summed E-state index contributed by atoms with van der Waals surface area (Å²) >= 11 is 3.35. The van der Waals surface area contributed by atoms with Gasteiger partial charge in [0.2, 0.25) is 0 Å². The second kappa shape index (κ2) is 6.09. The number of thiazole rings is 1. The standard InChI is InChI=1S/C15H18N6S2/c1-10-16-5-7-20(10)8-11-4-3-6-21(11)14-12-13(17-9-18-14)19-15(22-2)23-12/h5,7,9,11H,3-4,6,8H2,1-2H3. The quantitative estimate of drug-likeness (QED) is 0.677. The Bertz CT molecular complexity index is 826. The van der Waals surface area contributed by atoms with Crippen LogP contribution >= 0.6 is 23.1 Å². The van der Waals surface area contributed by atoms with Crippen molar-refractivity contribution < 1.29 is 0 Å². The molecule has 1 atom stereocenters. The highest BCUT2D eigenvalue weighted by Crippen LogP contribution is 2.35. The summed E-state index contributed by atoms with van der Waals surface area (Å²) in [4.78, 5) is 20.2. The second-order valence-corrected chi connectivity index (χ2v) is 7.70. The first-order valence-electron chi connectivity index (χ1n) is 7.66. The zero-order valence-electron chi connectivity index (χ0n) is 13.1. The van der Waals surface area contributed by atoms with Crippen LogP contribution in [0.2, 0.25) is 0 Å². The van der Waals surface area contributed by atoms with Gasteiger partial charge in [-0.15, -0.1) is 11.3 Å². The third-order valence-electron chi connectivity index (χ3n) is 4.31. The molecule has 0 saturated carbocycles. The van der Waals surface area contributed by atoms with Gasteiger partial charge in [-0.05, 0) is 26.0 Å². The van der Waals surface area contributed by atoms with Gasteiger partial charge in [0.15, 0.2) is 15.8 Å². The highest BCUT2D eigenvalue weighted by Gasteiger charge is 2.28. The van der Waals surface area contributed by atoms with Gasteiger partial charge in [-0.25, -0.2) is 19.9 Å². The molecule has 6 nitrogen and oxygen atoms in total. The maximum atomic E-state index is 4.59. The first kappa shape index (κ1) is 14.9. The third-order valence-corrected chi connectivity index (χ3v) is 6.33. The normalized spacial score (nSPS) is 18.2. The molecule has 3 aromatic heterocycles. The van der Waals surface area contributed by atoms with E-state index in [2.05, 4.69) is 42.5 Å². The Hall–Kier alpha value is -1.67. The molecule has 1 aliphatic heterocycles. The number of hydrogen-bond donors (Lipinski definition) is 0. The van der Waals surface area contributed by atoms with E-state index >= 15 is 0 Å². The number of thioether (sulfide) groups is 1. The molecule has 0 bridgehead atoms. The summed E-state index contributed by atoms with van der Waals surface area (Å²) in [7, 11) is 0. The predicted molar refractivity (Wildman–Crippen MR) is 94.3 cm³/mol. The van der Waals surface area contributed by atoms with Gasteiger partial charge in [0.1, 0.15) is 16.9 Å². The number of rotatable bonds is 4. The Morgan fingerprint density at radius 1 is 1.35 bits per heavy atom. The number of hydrogen-bond acceptors (Lipinski definition) is 7. The lowest BCUT2D eigenvalue weighted by Gasteiger charge is -2.26. The van der Waals surface area contributed by atoms with Crippen molar-refractivity contribution in [3.63, 3.8) is 0 Å². The minimum Gasteiger partial charge on any atom is -0.350 e. The van der Waals surface area contributed by atoms with Gasteiger partial charge in [-0.3, -0.25) is 0 Å². The zero-order valence-corrected chi connectivity index (χ0v) is 14.8. The van der Waals surface area contributed by atoms with Crippen molar-refractivity contribution in [2.45, 2.75) is 36.7 Å². The molecule has 4 rings (SSSR count).